The molecule has 0 bridgehead atoms. The second-order valence-corrected chi connectivity index (χ2v) is 11.4. The molecule has 33 heavy (non-hydrogen) atoms. The smallest absolute Gasteiger partial charge is 0.342 e. The van der Waals surface area contributed by atoms with Gasteiger partial charge in [-0.3, -0.25) is 4.79 Å². The number of benzene rings is 1. The minimum atomic E-state index is -0.403. The Morgan fingerprint density at radius 3 is 2.39 bits per heavy atom. The van der Waals surface area contributed by atoms with E-state index < -0.39 is 5.97 Å². The molecule has 0 fully saturated rings. The molecular formula is C27H31NO3S2. The van der Waals surface area contributed by atoms with Crippen LogP contribution in [0.4, 0.5) is 5.00 Å². The topological polar surface area (TPSA) is 55.4 Å². The molecule has 0 saturated heterocycles. The number of hydrogen-bond acceptors (Lipinski definition) is 5. The van der Waals surface area contributed by atoms with Crippen molar-refractivity contribution in [2.75, 3.05) is 5.32 Å². The molecule has 0 spiro atoms. The third kappa shape index (κ3) is 4.92. The molecule has 0 saturated carbocycles. The average molecular weight is 482 g/mol. The van der Waals surface area contributed by atoms with E-state index in [1.54, 1.807) is 11.3 Å². The van der Waals surface area contributed by atoms with E-state index in [4.69, 9.17) is 4.74 Å². The van der Waals surface area contributed by atoms with Gasteiger partial charge in [-0.1, -0.05) is 38.1 Å². The summed E-state index contributed by atoms with van der Waals surface area (Å²) in [4.78, 5) is 28.8. The van der Waals surface area contributed by atoms with Crippen LogP contribution in [0, 0.1) is 6.92 Å². The SMILES string of the molecule is Cc1sc(NC(=O)c2csc3c2CCCC3)c(C(=O)OC(C)C)c1-c1ccc(C(C)C)cc1. The molecule has 2 aromatic heterocycles. The highest BCUT2D eigenvalue weighted by Crippen LogP contribution is 2.41. The van der Waals surface area contributed by atoms with E-state index in [-0.39, 0.29) is 12.0 Å². The van der Waals surface area contributed by atoms with Crippen LogP contribution in [-0.2, 0) is 17.6 Å². The maximum atomic E-state index is 13.3. The summed E-state index contributed by atoms with van der Waals surface area (Å²) in [5.74, 6) is -0.115. The molecule has 4 rings (SSSR count). The fourth-order valence-corrected chi connectivity index (χ4v) is 6.52. The highest BCUT2D eigenvalue weighted by molar-refractivity contribution is 7.17. The van der Waals surface area contributed by atoms with Gasteiger partial charge in [-0.25, -0.2) is 4.79 Å². The number of esters is 1. The first kappa shape index (κ1) is 23.7. The van der Waals surface area contributed by atoms with Gasteiger partial charge in [0.1, 0.15) is 10.6 Å². The summed E-state index contributed by atoms with van der Waals surface area (Å²) < 4.78 is 5.60. The molecule has 1 N–H and O–H groups in total. The van der Waals surface area contributed by atoms with E-state index in [2.05, 4.69) is 43.4 Å². The van der Waals surface area contributed by atoms with Crippen LogP contribution >= 0.6 is 22.7 Å². The average Bonchev–Trinajstić information content (AvgIpc) is 3.34. The quantitative estimate of drug-likeness (QED) is 0.369. The summed E-state index contributed by atoms with van der Waals surface area (Å²) >= 11 is 3.10. The zero-order valence-corrected chi connectivity index (χ0v) is 21.5. The first-order valence-electron chi connectivity index (χ1n) is 11.6. The standard InChI is InChI=1S/C27H31NO3S2/c1-15(2)18-10-12-19(13-11-18)23-17(5)33-26(24(23)27(30)31-16(3)4)28-25(29)21-14-32-22-9-7-6-8-20(21)22/h10-16H,6-9H2,1-5H3,(H,28,29). The van der Waals surface area contributed by atoms with E-state index in [1.807, 2.05) is 26.2 Å². The monoisotopic (exact) mass is 481 g/mol. The van der Waals surface area contributed by atoms with Crippen LogP contribution < -0.4 is 5.32 Å². The lowest BCUT2D eigenvalue weighted by molar-refractivity contribution is 0.0380. The van der Waals surface area contributed by atoms with Gasteiger partial charge in [-0.05, 0) is 69.1 Å². The number of carbonyl (C=O) groups excluding carboxylic acids is 2. The summed E-state index contributed by atoms with van der Waals surface area (Å²) in [6.45, 7) is 9.99. The summed E-state index contributed by atoms with van der Waals surface area (Å²) in [6.07, 6.45) is 4.04. The van der Waals surface area contributed by atoms with Gasteiger partial charge in [-0.2, -0.15) is 0 Å². The number of amides is 1. The first-order valence-corrected chi connectivity index (χ1v) is 13.3. The Balaban J connectivity index is 1.73. The molecule has 1 aliphatic rings. The largest absolute Gasteiger partial charge is 0.459 e. The van der Waals surface area contributed by atoms with E-state index >= 15 is 0 Å². The zero-order chi connectivity index (χ0) is 23.7. The van der Waals surface area contributed by atoms with Gasteiger partial charge in [0, 0.05) is 20.7 Å². The molecule has 6 heteroatoms. The fraction of sp³-hybridized carbons (Fsp3) is 0.407. The van der Waals surface area contributed by atoms with E-state index in [0.717, 1.165) is 40.8 Å². The molecule has 0 radical (unpaired) electrons. The van der Waals surface area contributed by atoms with Crippen molar-refractivity contribution in [3.05, 3.63) is 61.7 Å². The summed E-state index contributed by atoms with van der Waals surface area (Å²) in [7, 11) is 0. The Kier molecular flexibility index (Phi) is 7.05. The predicted molar refractivity (Wildman–Crippen MR) is 138 cm³/mol. The molecule has 0 unspecified atom stereocenters. The number of hydrogen-bond donors (Lipinski definition) is 1. The Morgan fingerprint density at radius 1 is 1.03 bits per heavy atom. The molecule has 1 aromatic carbocycles. The highest BCUT2D eigenvalue weighted by atomic mass is 32.1. The van der Waals surface area contributed by atoms with Gasteiger partial charge in [0.15, 0.2) is 0 Å². The van der Waals surface area contributed by atoms with Gasteiger partial charge in [0.05, 0.1) is 11.7 Å². The Hall–Kier alpha value is -2.44. The van der Waals surface area contributed by atoms with Gasteiger partial charge in [-0.15, -0.1) is 22.7 Å². The van der Waals surface area contributed by atoms with Crippen molar-refractivity contribution < 1.29 is 14.3 Å². The normalized spacial score (nSPS) is 13.3. The van der Waals surface area contributed by atoms with Crippen LogP contribution in [-0.4, -0.2) is 18.0 Å². The zero-order valence-electron chi connectivity index (χ0n) is 19.9. The minimum absolute atomic E-state index is 0.143. The number of anilines is 1. The van der Waals surface area contributed by atoms with Crippen LogP contribution in [0.2, 0.25) is 0 Å². The van der Waals surface area contributed by atoms with Crippen molar-refractivity contribution in [2.24, 2.45) is 0 Å². The molecule has 4 nitrogen and oxygen atoms in total. The Morgan fingerprint density at radius 2 is 1.73 bits per heavy atom. The lowest BCUT2D eigenvalue weighted by Crippen LogP contribution is -2.18. The van der Waals surface area contributed by atoms with Crippen molar-refractivity contribution in [3.8, 4) is 11.1 Å². The second kappa shape index (κ2) is 9.82. The van der Waals surface area contributed by atoms with Gasteiger partial charge in [0.25, 0.3) is 5.91 Å². The van der Waals surface area contributed by atoms with E-state index in [0.29, 0.717) is 16.5 Å². The number of ether oxygens (including phenoxy) is 1. The van der Waals surface area contributed by atoms with Crippen LogP contribution in [0.3, 0.4) is 0 Å². The molecule has 174 valence electrons. The summed E-state index contributed by atoms with van der Waals surface area (Å²) in [5.41, 5.74) is 5.40. The molecule has 1 amide bonds. The lowest BCUT2D eigenvalue weighted by Gasteiger charge is -2.14. The first-order chi connectivity index (χ1) is 15.8. The molecular weight excluding hydrogens is 450 g/mol. The number of carbonyl (C=O) groups is 2. The number of aryl methyl sites for hydroxylation is 2. The van der Waals surface area contributed by atoms with Gasteiger partial charge < -0.3 is 10.1 Å². The van der Waals surface area contributed by atoms with Crippen molar-refractivity contribution in [3.63, 3.8) is 0 Å². The maximum Gasteiger partial charge on any atom is 0.342 e. The number of thiophene rings is 2. The summed E-state index contributed by atoms with van der Waals surface area (Å²) in [6, 6.07) is 8.31. The van der Waals surface area contributed by atoms with Crippen LogP contribution in [0.15, 0.2) is 29.6 Å². The second-order valence-electron chi connectivity index (χ2n) is 9.18. The van der Waals surface area contributed by atoms with Crippen LogP contribution in [0.1, 0.15) is 88.1 Å². The number of nitrogens with one attached hydrogen (secondary N) is 1. The molecule has 0 aliphatic heterocycles. The maximum absolute atomic E-state index is 13.3. The fourth-order valence-electron chi connectivity index (χ4n) is 4.34. The summed E-state index contributed by atoms with van der Waals surface area (Å²) in [5, 5.41) is 5.58. The lowest BCUT2D eigenvalue weighted by atomic mass is 9.95. The minimum Gasteiger partial charge on any atom is -0.459 e. The van der Waals surface area contributed by atoms with Crippen molar-refractivity contribution in [1.82, 2.24) is 0 Å². The van der Waals surface area contributed by atoms with Crippen molar-refractivity contribution >= 4 is 39.6 Å². The molecule has 2 heterocycles. The van der Waals surface area contributed by atoms with Gasteiger partial charge in [0.2, 0.25) is 0 Å². The van der Waals surface area contributed by atoms with E-state index in [1.165, 1.54) is 33.8 Å². The molecule has 3 aromatic rings. The molecule has 0 atom stereocenters. The third-order valence-corrected chi connectivity index (χ3v) is 8.14. The highest BCUT2D eigenvalue weighted by Gasteiger charge is 2.28. The van der Waals surface area contributed by atoms with Crippen molar-refractivity contribution in [2.45, 2.75) is 72.3 Å². The van der Waals surface area contributed by atoms with Crippen LogP contribution in [0.25, 0.3) is 11.1 Å². The van der Waals surface area contributed by atoms with Crippen LogP contribution in [0.5, 0.6) is 0 Å². The van der Waals surface area contributed by atoms with Crippen molar-refractivity contribution in [1.29, 1.82) is 0 Å². The Bertz CT molecular complexity index is 1170. The number of rotatable bonds is 6. The van der Waals surface area contributed by atoms with E-state index in [9.17, 15) is 9.59 Å². The Labute approximate surface area is 204 Å². The molecule has 1 aliphatic carbocycles. The van der Waals surface area contributed by atoms with Gasteiger partial charge >= 0.3 is 5.97 Å². The third-order valence-electron chi connectivity index (χ3n) is 6.03. The predicted octanol–water partition coefficient (Wildman–Crippen LogP) is 7.60. The number of fused-ring (bicyclic) bond motifs is 1.